The van der Waals surface area contributed by atoms with E-state index in [4.69, 9.17) is 16.3 Å². The lowest BCUT2D eigenvalue weighted by atomic mass is 10.1. The largest absolute Gasteiger partial charge is 0.444 e. The molecular formula is C17H14ClN5O3. The second-order valence-corrected chi connectivity index (χ2v) is 6.36. The zero-order chi connectivity index (χ0) is 18.3. The molecule has 1 amide bonds. The summed E-state index contributed by atoms with van der Waals surface area (Å²) < 4.78 is 4.85. The number of carbonyl (C=O) groups is 1. The molecule has 0 bridgehead atoms. The normalized spacial score (nSPS) is 14.3. The van der Waals surface area contributed by atoms with Gasteiger partial charge in [-0.1, -0.05) is 11.6 Å². The van der Waals surface area contributed by atoms with Gasteiger partial charge in [-0.05, 0) is 31.2 Å². The van der Waals surface area contributed by atoms with Crippen molar-refractivity contribution in [2.75, 3.05) is 10.6 Å². The fraction of sp³-hybridized carbons (Fsp3) is 0.176. The number of pyridine rings is 1. The summed E-state index contributed by atoms with van der Waals surface area (Å²) in [5.41, 5.74) is 1.71. The number of hydrogen-bond donors (Lipinski definition) is 3. The Labute approximate surface area is 152 Å². The molecule has 0 aliphatic carbocycles. The second kappa shape index (κ2) is 6.30. The summed E-state index contributed by atoms with van der Waals surface area (Å²) in [6.45, 7) is 1.95. The van der Waals surface area contributed by atoms with Crippen molar-refractivity contribution in [1.82, 2.24) is 15.0 Å². The third-order valence-electron chi connectivity index (χ3n) is 4.09. The third kappa shape index (κ3) is 3.06. The van der Waals surface area contributed by atoms with Crippen LogP contribution in [0.3, 0.4) is 0 Å². The lowest BCUT2D eigenvalue weighted by Crippen LogP contribution is -2.23. The van der Waals surface area contributed by atoms with Crippen LogP contribution in [0, 0.1) is 0 Å². The number of hydrogen-bond acceptors (Lipinski definition) is 6. The zero-order valence-electron chi connectivity index (χ0n) is 13.7. The predicted octanol–water partition coefficient (Wildman–Crippen LogP) is 3.21. The number of nitrogens with zero attached hydrogens (tertiary/aromatic N) is 2. The average Bonchev–Trinajstić information content (AvgIpc) is 2.61. The number of halogens is 1. The lowest BCUT2D eigenvalue weighted by molar-refractivity contribution is 0.151. The number of anilines is 2. The summed E-state index contributed by atoms with van der Waals surface area (Å²) in [6.07, 6.45) is 1.01. The number of fused-ring (bicyclic) bond motifs is 2. The first-order chi connectivity index (χ1) is 12.5. The van der Waals surface area contributed by atoms with Crippen molar-refractivity contribution < 1.29 is 9.53 Å². The fourth-order valence-electron chi connectivity index (χ4n) is 2.75. The molecule has 132 valence electrons. The molecule has 0 saturated heterocycles. The molecular weight excluding hydrogens is 358 g/mol. The molecule has 0 fully saturated rings. The minimum atomic E-state index is -0.557. The van der Waals surface area contributed by atoms with E-state index < -0.39 is 6.09 Å². The Bertz CT molecular complexity index is 1080. The van der Waals surface area contributed by atoms with Crippen molar-refractivity contribution in [3.8, 4) is 0 Å². The van der Waals surface area contributed by atoms with E-state index >= 15 is 0 Å². The van der Waals surface area contributed by atoms with Gasteiger partial charge in [0.25, 0.3) is 5.56 Å². The van der Waals surface area contributed by atoms with Crippen LogP contribution in [0.25, 0.3) is 10.9 Å². The van der Waals surface area contributed by atoms with Crippen LogP contribution in [0.5, 0.6) is 0 Å². The quantitative estimate of drug-likeness (QED) is 0.652. The second-order valence-electron chi connectivity index (χ2n) is 5.92. The molecule has 3 N–H and O–H groups in total. The summed E-state index contributed by atoms with van der Waals surface area (Å²) in [4.78, 5) is 35.0. The molecule has 1 atom stereocenters. The number of H-pyrrole nitrogens is 1. The van der Waals surface area contributed by atoms with Crippen molar-refractivity contribution in [1.29, 1.82) is 0 Å². The van der Waals surface area contributed by atoms with E-state index in [1.165, 1.54) is 0 Å². The van der Waals surface area contributed by atoms with Gasteiger partial charge in [0.2, 0.25) is 5.95 Å². The van der Waals surface area contributed by atoms with Crippen LogP contribution in [-0.2, 0) is 11.3 Å². The minimum absolute atomic E-state index is 0.127. The maximum Gasteiger partial charge on any atom is 0.413 e. The number of amides is 1. The number of carbonyl (C=O) groups excluding carboxylic acids is 1. The van der Waals surface area contributed by atoms with E-state index in [9.17, 15) is 9.59 Å². The van der Waals surface area contributed by atoms with Crippen molar-refractivity contribution >= 4 is 40.4 Å². The van der Waals surface area contributed by atoms with Gasteiger partial charge in [-0.2, -0.15) is 4.98 Å². The Morgan fingerprint density at radius 2 is 2.15 bits per heavy atom. The third-order valence-corrected chi connectivity index (χ3v) is 4.33. The number of benzene rings is 1. The van der Waals surface area contributed by atoms with Gasteiger partial charge in [0.15, 0.2) is 0 Å². The number of ether oxygens (including phenoxy) is 1. The summed E-state index contributed by atoms with van der Waals surface area (Å²) >= 11 is 6.03. The Morgan fingerprint density at radius 1 is 1.31 bits per heavy atom. The predicted molar refractivity (Wildman–Crippen MR) is 97.5 cm³/mol. The molecule has 1 aromatic carbocycles. The van der Waals surface area contributed by atoms with E-state index in [1.54, 1.807) is 30.5 Å². The number of aromatic amines is 1. The molecule has 8 nitrogen and oxygen atoms in total. The highest BCUT2D eigenvalue weighted by Crippen LogP contribution is 2.23. The van der Waals surface area contributed by atoms with Gasteiger partial charge in [0.1, 0.15) is 12.4 Å². The van der Waals surface area contributed by atoms with Crippen molar-refractivity contribution in [3.63, 3.8) is 0 Å². The molecule has 0 unspecified atom stereocenters. The smallest absolute Gasteiger partial charge is 0.413 e. The summed E-state index contributed by atoms with van der Waals surface area (Å²) in [7, 11) is 0. The number of rotatable bonds is 3. The standard InChI is InChI=1S/C17H14ClN5O3/c1-8(12-5-9-4-11(18)2-3-13(9)21-15(12)24)20-16-19-6-10-7-26-17(25)23-14(10)22-16/h2-6,8H,7H2,1H3,(H,21,24)(H2,19,20,22,23,25)/t8-/m0/s1. The minimum Gasteiger partial charge on any atom is -0.444 e. The fourth-order valence-corrected chi connectivity index (χ4v) is 2.93. The Morgan fingerprint density at radius 3 is 3.00 bits per heavy atom. The Balaban J connectivity index is 1.64. The first-order valence-corrected chi connectivity index (χ1v) is 8.26. The number of cyclic esters (lactones) is 1. The maximum absolute atomic E-state index is 12.4. The summed E-state index contributed by atoms with van der Waals surface area (Å²) in [6, 6.07) is 6.69. The summed E-state index contributed by atoms with van der Waals surface area (Å²) in [5.74, 6) is 0.689. The highest BCUT2D eigenvalue weighted by molar-refractivity contribution is 6.31. The Hall–Kier alpha value is -3.13. The van der Waals surface area contributed by atoms with E-state index in [1.807, 2.05) is 6.92 Å². The molecule has 3 aromatic rings. The van der Waals surface area contributed by atoms with E-state index in [-0.39, 0.29) is 18.2 Å². The first-order valence-electron chi connectivity index (χ1n) is 7.88. The first kappa shape index (κ1) is 16.3. The molecule has 26 heavy (non-hydrogen) atoms. The van der Waals surface area contributed by atoms with Gasteiger partial charge in [-0.15, -0.1) is 0 Å². The topological polar surface area (TPSA) is 109 Å². The van der Waals surface area contributed by atoms with Gasteiger partial charge in [-0.25, -0.2) is 9.78 Å². The monoisotopic (exact) mass is 371 g/mol. The van der Waals surface area contributed by atoms with Gasteiger partial charge >= 0.3 is 6.09 Å². The van der Waals surface area contributed by atoms with E-state index in [0.717, 1.165) is 5.39 Å². The SMILES string of the molecule is C[C@H](Nc1ncc2c(n1)NC(=O)OC2)c1cc2cc(Cl)ccc2[nH]c1=O. The van der Waals surface area contributed by atoms with Crippen molar-refractivity contribution in [2.45, 2.75) is 19.6 Å². The van der Waals surface area contributed by atoms with Crippen molar-refractivity contribution in [2.24, 2.45) is 0 Å². The van der Waals surface area contributed by atoms with Gasteiger partial charge in [0.05, 0.1) is 11.6 Å². The maximum atomic E-state index is 12.4. The van der Waals surface area contributed by atoms with Gasteiger partial charge in [0, 0.05) is 27.7 Å². The van der Waals surface area contributed by atoms with Crippen LogP contribution >= 0.6 is 11.6 Å². The van der Waals surface area contributed by atoms with Crippen LogP contribution in [0.4, 0.5) is 16.6 Å². The van der Waals surface area contributed by atoms with E-state index in [2.05, 4.69) is 25.6 Å². The zero-order valence-corrected chi connectivity index (χ0v) is 14.4. The Kier molecular flexibility index (Phi) is 3.96. The van der Waals surface area contributed by atoms with Gasteiger partial charge < -0.3 is 15.0 Å². The van der Waals surface area contributed by atoms with E-state index in [0.29, 0.717) is 33.4 Å². The lowest BCUT2D eigenvalue weighted by Gasteiger charge is -2.18. The van der Waals surface area contributed by atoms with Crippen LogP contribution in [0.15, 0.2) is 35.3 Å². The number of nitrogens with one attached hydrogen (secondary N) is 3. The molecule has 4 rings (SSSR count). The average molecular weight is 372 g/mol. The van der Waals surface area contributed by atoms with Crippen LogP contribution in [0.1, 0.15) is 24.1 Å². The molecule has 0 radical (unpaired) electrons. The molecule has 0 spiro atoms. The summed E-state index contributed by atoms with van der Waals surface area (Å²) in [5, 5.41) is 7.02. The van der Waals surface area contributed by atoms with Crippen LogP contribution in [0.2, 0.25) is 5.02 Å². The van der Waals surface area contributed by atoms with Crippen molar-refractivity contribution in [3.05, 3.63) is 57.0 Å². The molecule has 3 heterocycles. The molecule has 1 aliphatic heterocycles. The van der Waals surface area contributed by atoms with Gasteiger partial charge in [-0.3, -0.25) is 10.1 Å². The molecule has 1 aliphatic rings. The molecule has 2 aromatic heterocycles. The molecule has 0 saturated carbocycles. The highest BCUT2D eigenvalue weighted by atomic mass is 35.5. The van der Waals surface area contributed by atoms with Crippen LogP contribution < -0.4 is 16.2 Å². The molecule has 9 heteroatoms. The number of aromatic nitrogens is 3. The highest BCUT2D eigenvalue weighted by Gasteiger charge is 2.19. The van der Waals surface area contributed by atoms with Crippen LogP contribution in [-0.4, -0.2) is 21.0 Å².